The van der Waals surface area contributed by atoms with Gasteiger partial charge in [-0.1, -0.05) is 32.1 Å². The third kappa shape index (κ3) is 4.22. The number of rotatable bonds is 7. The van der Waals surface area contributed by atoms with Crippen LogP contribution in [0.15, 0.2) is 0 Å². The summed E-state index contributed by atoms with van der Waals surface area (Å²) in [5.74, 6) is 7.49. The molecule has 2 rings (SSSR count). The molecule has 2 fully saturated rings. The van der Waals surface area contributed by atoms with Gasteiger partial charge in [0.1, 0.15) is 0 Å². The summed E-state index contributed by atoms with van der Waals surface area (Å²) < 4.78 is 5.62. The number of hydrazine groups is 1. The molecule has 3 nitrogen and oxygen atoms in total. The first kappa shape index (κ1) is 14.3. The van der Waals surface area contributed by atoms with Gasteiger partial charge in [0.05, 0.1) is 6.10 Å². The van der Waals surface area contributed by atoms with Crippen molar-refractivity contribution in [2.75, 3.05) is 6.61 Å². The summed E-state index contributed by atoms with van der Waals surface area (Å²) >= 11 is 0. The van der Waals surface area contributed by atoms with E-state index in [0.29, 0.717) is 12.1 Å². The van der Waals surface area contributed by atoms with Crippen molar-refractivity contribution >= 4 is 0 Å². The molecule has 18 heavy (non-hydrogen) atoms. The Kier molecular flexibility index (Phi) is 5.93. The summed E-state index contributed by atoms with van der Waals surface area (Å²) in [4.78, 5) is 0. The molecule has 3 heteroatoms. The number of nitrogens with two attached hydrogens (primary N) is 1. The average molecular weight is 254 g/mol. The van der Waals surface area contributed by atoms with E-state index in [0.717, 1.165) is 18.4 Å². The van der Waals surface area contributed by atoms with Crippen molar-refractivity contribution in [3.8, 4) is 0 Å². The van der Waals surface area contributed by atoms with E-state index in [1.54, 1.807) is 0 Å². The van der Waals surface area contributed by atoms with E-state index in [4.69, 9.17) is 10.6 Å². The van der Waals surface area contributed by atoms with Gasteiger partial charge in [0.2, 0.25) is 0 Å². The molecule has 1 atom stereocenters. The fraction of sp³-hybridized carbons (Fsp3) is 1.00. The molecule has 0 aliphatic heterocycles. The van der Waals surface area contributed by atoms with Crippen LogP contribution in [0.25, 0.3) is 0 Å². The number of nitrogens with one attached hydrogen (secondary N) is 1. The molecular formula is C15H30N2O. The van der Waals surface area contributed by atoms with Crippen LogP contribution in [-0.4, -0.2) is 18.8 Å². The van der Waals surface area contributed by atoms with Gasteiger partial charge < -0.3 is 4.74 Å². The molecule has 0 aromatic heterocycles. The predicted molar refractivity (Wildman–Crippen MR) is 75.1 cm³/mol. The second kappa shape index (κ2) is 7.46. The molecule has 0 heterocycles. The molecule has 0 aromatic carbocycles. The average Bonchev–Trinajstić information content (AvgIpc) is 2.36. The summed E-state index contributed by atoms with van der Waals surface area (Å²) in [6, 6.07) is 0.528. The Morgan fingerprint density at radius 3 is 2.39 bits per heavy atom. The Labute approximate surface area is 112 Å². The molecule has 2 aliphatic rings. The van der Waals surface area contributed by atoms with Gasteiger partial charge in [-0.2, -0.15) is 0 Å². The molecule has 2 aliphatic carbocycles. The topological polar surface area (TPSA) is 47.3 Å². The highest BCUT2D eigenvalue weighted by Crippen LogP contribution is 2.35. The maximum atomic E-state index is 5.73. The van der Waals surface area contributed by atoms with Gasteiger partial charge in [-0.05, 0) is 44.4 Å². The summed E-state index contributed by atoms with van der Waals surface area (Å²) in [6.45, 7) is 2.94. The van der Waals surface area contributed by atoms with Crippen LogP contribution < -0.4 is 11.3 Å². The number of ether oxygens (including phenoxy) is 1. The first-order chi connectivity index (χ1) is 8.81. The van der Waals surface area contributed by atoms with Crippen LogP contribution in [0.2, 0.25) is 0 Å². The summed E-state index contributed by atoms with van der Waals surface area (Å²) in [5.41, 5.74) is 3.05. The molecule has 2 saturated carbocycles. The van der Waals surface area contributed by atoms with E-state index in [1.165, 1.54) is 57.8 Å². The van der Waals surface area contributed by atoms with Crippen molar-refractivity contribution in [1.29, 1.82) is 0 Å². The molecule has 0 amide bonds. The first-order valence-corrected chi connectivity index (χ1v) is 7.89. The molecule has 0 bridgehead atoms. The highest BCUT2D eigenvalue weighted by atomic mass is 16.5. The molecule has 0 saturated heterocycles. The normalized spacial score (nSPS) is 31.0. The van der Waals surface area contributed by atoms with Crippen LogP contribution in [-0.2, 0) is 4.74 Å². The maximum Gasteiger partial charge on any atom is 0.0580 e. The van der Waals surface area contributed by atoms with Gasteiger partial charge in [0.15, 0.2) is 0 Å². The van der Waals surface area contributed by atoms with Crippen LogP contribution in [0.4, 0.5) is 0 Å². The number of hydrogen-bond donors (Lipinski definition) is 2. The second-order valence-corrected chi connectivity index (χ2v) is 6.25. The lowest BCUT2D eigenvalue weighted by atomic mass is 9.76. The minimum atomic E-state index is 0.528. The van der Waals surface area contributed by atoms with Gasteiger partial charge in [0.25, 0.3) is 0 Å². The predicted octanol–water partition coefficient (Wildman–Crippen LogP) is 2.99. The van der Waals surface area contributed by atoms with Crippen molar-refractivity contribution < 1.29 is 4.74 Å². The lowest BCUT2D eigenvalue weighted by Crippen LogP contribution is -2.42. The zero-order valence-electron chi connectivity index (χ0n) is 11.9. The highest BCUT2D eigenvalue weighted by Gasteiger charge is 2.31. The van der Waals surface area contributed by atoms with Crippen LogP contribution in [0.3, 0.4) is 0 Å². The molecule has 3 N–H and O–H groups in total. The Morgan fingerprint density at radius 1 is 1.11 bits per heavy atom. The zero-order chi connectivity index (χ0) is 12.8. The second-order valence-electron chi connectivity index (χ2n) is 6.25. The molecule has 0 spiro atoms. The fourth-order valence-corrected chi connectivity index (χ4v) is 3.70. The van der Waals surface area contributed by atoms with Gasteiger partial charge in [-0.25, -0.2) is 0 Å². The third-order valence-corrected chi connectivity index (χ3v) is 4.79. The van der Waals surface area contributed by atoms with E-state index >= 15 is 0 Å². The van der Waals surface area contributed by atoms with Crippen LogP contribution in [0, 0.1) is 11.8 Å². The SMILES string of the molecule is CCOC1CC(CC(CC2CCCCC2)NN)C1. The van der Waals surface area contributed by atoms with Crippen molar-refractivity contribution in [1.82, 2.24) is 5.43 Å². The van der Waals surface area contributed by atoms with Crippen molar-refractivity contribution in [2.24, 2.45) is 17.7 Å². The van der Waals surface area contributed by atoms with Crippen molar-refractivity contribution in [3.63, 3.8) is 0 Å². The first-order valence-electron chi connectivity index (χ1n) is 7.89. The minimum Gasteiger partial charge on any atom is -0.378 e. The van der Waals surface area contributed by atoms with Crippen molar-refractivity contribution in [2.45, 2.75) is 76.9 Å². The summed E-state index contributed by atoms with van der Waals surface area (Å²) in [7, 11) is 0. The lowest BCUT2D eigenvalue weighted by molar-refractivity contribution is -0.0297. The van der Waals surface area contributed by atoms with Gasteiger partial charge in [0, 0.05) is 12.6 Å². The smallest absolute Gasteiger partial charge is 0.0580 e. The largest absolute Gasteiger partial charge is 0.378 e. The fourth-order valence-electron chi connectivity index (χ4n) is 3.70. The lowest BCUT2D eigenvalue weighted by Gasteiger charge is -2.37. The van der Waals surface area contributed by atoms with E-state index in [-0.39, 0.29) is 0 Å². The standard InChI is InChI=1S/C15H30N2O/c1-2-18-15-10-13(11-15)9-14(17-16)8-12-6-4-3-5-7-12/h12-15,17H,2-11,16H2,1H3. The Bertz CT molecular complexity index is 223. The molecule has 0 aromatic rings. The van der Waals surface area contributed by atoms with Gasteiger partial charge in [-0.3, -0.25) is 11.3 Å². The molecular weight excluding hydrogens is 224 g/mol. The van der Waals surface area contributed by atoms with E-state index < -0.39 is 0 Å². The Morgan fingerprint density at radius 2 is 1.78 bits per heavy atom. The molecule has 0 radical (unpaired) electrons. The highest BCUT2D eigenvalue weighted by molar-refractivity contribution is 4.84. The zero-order valence-corrected chi connectivity index (χ0v) is 11.9. The van der Waals surface area contributed by atoms with E-state index in [1.807, 2.05) is 0 Å². The monoisotopic (exact) mass is 254 g/mol. The van der Waals surface area contributed by atoms with Crippen LogP contribution in [0.1, 0.15) is 64.7 Å². The third-order valence-electron chi connectivity index (χ3n) is 4.79. The van der Waals surface area contributed by atoms with Crippen molar-refractivity contribution in [3.05, 3.63) is 0 Å². The van der Waals surface area contributed by atoms with Gasteiger partial charge in [-0.15, -0.1) is 0 Å². The van der Waals surface area contributed by atoms with Gasteiger partial charge >= 0.3 is 0 Å². The van der Waals surface area contributed by atoms with E-state index in [9.17, 15) is 0 Å². The molecule has 1 unspecified atom stereocenters. The quantitative estimate of drug-likeness (QED) is 0.542. The summed E-state index contributed by atoms with van der Waals surface area (Å²) in [6.07, 6.45) is 12.7. The van der Waals surface area contributed by atoms with Crippen LogP contribution >= 0.6 is 0 Å². The van der Waals surface area contributed by atoms with E-state index in [2.05, 4.69) is 12.3 Å². The Hall–Kier alpha value is -0.120. The summed E-state index contributed by atoms with van der Waals surface area (Å²) in [5, 5.41) is 0. The Balaban J connectivity index is 1.63. The minimum absolute atomic E-state index is 0.528. The maximum absolute atomic E-state index is 5.73. The van der Waals surface area contributed by atoms with Crippen LogP contribution in [0.5, 0.6) is 0 Å². The molecule has 106 valence electrons. The number of hydrogen-bond acceptors (Lipinski definition) is 3.